The number of hydrogen-bond acceptors (Lipinski definition) is 3. The summed E-state index contributed by atoms with van der Waals surface area (Å²) in [6.45, 7) is 9.71. The molecule has 3 atom stereocenters. The van der Waals surface area contributed by atoms with Crippen LogP contribution < -0.4 is 5.32 Å². The van der Waals surface area contributed by atoms with Crippen LogP contribution in [0.3, 0.4) is 0 Å². The van der Waals surface area contributed by atoms with Crippen molar-refractivity contribution in [3.63, 3.8) is 0 Å². The van der Waals surface area contributed by atoms with Crippen molar-refractivity contribution in [1.29, 1.82) is 0 Å². The molecule has 0 saturated carbocycles. The van der Waals surface area contributed by atoms with Crippen LogP contribution in [0.1, 0.15) is 37.4 Å². The summed E-state index contributed by atoms with van der Waals surface area (Å²) < 4.78 is 5.79. The van der Waals surface area contributed by atoms with Gasteiger partial charge in [-0.05, 0) is 39.8 Å². The Morgan fingerprint density at radius 1 is 1.30 bits per heavy atom. The van der Waals surface area contributed by atoms with Crippen molar-refractivity contribution in [2.75, 3.05) is 26.7 Å². The summed E-state index contributed by atoms with van der Waals surface area (Å²) in [5.74, 6) is 0. The van der Waals surface area contributed by atoms with Crippen molar-refractivity contribution in [3.05, 3.63) is 35.4 Å². The van der Waals surface area contributed by atoms with Gasteiger partial charge in [-0.2, -0.15) is 0 Å². The molecule has 112 valence electrons. The molecule has 1 aromatic carbocycles. The van der Waals surface area contributed by atoms with Crippen LogP contribution in [-0.2, 0) is 4.74 Å². The standard InChI is InChI=1S/C17H28N2O/c1-13-6-5-7-16(10-13)17(18-4)8-9-19-11-14(2)20-15(3)12-19/h5-7,10,14-15,17-18H,8-9,11-12H2,1-4H3/t14-,15+,17?. The molecule has 1 N–H and O–H groups in total. The molecule has 0 spiro atoms. The molecule has 20 heavy (non-hydrogen) atoms. The Morgan fingerprint density at radius 2 is 2.00 bits per heavy atom. The monoisotopic (exact) mass is 276 g/mol. The first kappa shape index (κ1) is 15.5. The van der Waals surface area contributed by atoms with Gasteiger partial charge in [0.15, 0.2) is 0 Å². The van der Waals surface area contributed by atoms with Crippen molar-refractivity contribution < 1.29 is 4.74 Å². The fourth-order valence-electron chi connectivity index (χ4n) is 3.14. The molecule has 3 nitrogen and oxygen atoms in total. The van der Waals surface area contributed by atoms with Gasteiger partial charge in [-0.25, -0.2) is 0 Å². The zero-order valence-corrected chi connectivity index (χ0v) is 13.2. The molecule has 1 aliphatic heterocycles. The van der Waals surface area contributed by atoms with E-state index in [1.165, 1.54) is 11.1 Å². The van der Waals surface area contributed by atoms with Gasteiger partial charge in [-0.1, -0.05) is 29.8 Å². The number of aryl methyl sites for hydroxylation is 1. The number of ether oxygens (including phenoxy) is 1. The molecule has 3 heteroatoms. The van der Waals surface area contributed by atoms with Gasteiger partial charge in [0.1, 0.15) is 0 Å². The van der Waals surface area contributed by atoms with Crippen LogP contribution in [0.25, 0.3) is 0 Å². The third-order valence-electron chi connectivity index (χ3n) is 4.02. The summed E-state index contributed by atoms with van der Waals surface area (Å²) >= 11 is 0. The van der Waals surface area contributed by atoms with E-state index < -0.39 is 0 Å². The number of nitrogens with one attached hydrogen (secondary N) is 1. The van der Waals surface area contributed by atoms with Crippen LogP contribution in [0.2, 0.25) is 0 Å². The van der Waals surface area contributed by atoms with E-state index in [9.17, 15) is 0 Å². The van der Waals surface area contributed by atoms with Crippen LogP contribution in [0.15, 0.2) is 24.3 Å². The summed E-state index contributed by atoms with van der Waals surface area (Å²) in [5.41, 5.74) is 2.72. The molecular weight excluding hydrogens is 248 g/mol. The maximum absolute atomic E-state index is 5.79. The molecule has 1 fully saturated rings. The second-order valence-electron chi connectivity index (χ2n) is 6.06. The number of hydrogen-bond donors (Lipinski definition) is 1. The summed E-state index contributed by atoms with van der Waals surface area (Å²) in [6.07, 6.45) is 1.84. The minimum Gasteiger partial charge on any atom is -0.373 e. The lowest BCUT2D eigenvalue weighted by Crippen LogP contribution is -2.46. The Morgan fingerprint density at radius 3 is 2.60 bits per heavy atom. The van der Waals surface area contributed by atoms with E-state index in [0.29, 0.717) is 18.2 Å². The summed E-state index contributed by atoms with van der Waals surface area (Å²) in [7, 11) is 2.05. The van der Waals surface area contributed by atoms with E-state index in [1.54, 1.807) is 0 Å². The number of morpholine rings is 1. The van der Waals surface area contributed by atoms with Crippen LogP contribution >= 0.6 is 0 Å². The van der Waals surface area contributed by atoms with Crippen molar-refractivity contribution in [2.45, 2.75) is 45.4 Å². The highest BCUT2D eigenvalue weighted by Crippen LogP contribution is 2.19. The van der Waals surface area contributed by atoms with Crippen molar-refractivity contribution >= 4 is 0 Å². The van der Waals surface area contributed by atoms with Crippen molar-refractivity contribution in [2.24, 2.45) is 0 Å². The van der Waals surface area contributed by atoms with E-state index in [4.69, 9.17) is 4.74 Å². The Balaban J connectivity index is 1.90. The van der Waals surface area contributed by atoms with E-state index in [0.717, 1.165) is 26.1 Å². The normalized spacial score (nSPS) is 25.6. The summed E-state index contributed by atoms with van der Waals surface area (Å²) in [5, 5.41) is 3.45. The molecule has 1 aliphatic rings. The minimum absolute atomic E-state index is 0.353. The van der Waals surface area contributed by atoms with Gasteiger partial charge < -0.3 is 10.1 Å². The zero-order valence-electron chi connectivity index (χ0n) is 13.2. The minimum atomic E-state index is 0.353. The topological polar surface area (TPSA) is 24.5 Å². The Bertz CT molecular complexity index is 411. The third-order valence-corrected chi connectivity index (χ3v) is 4.02. The first-order valence-electron chi connectivity index (χ1n) is 7.70. The lowest BCUT2D eigenvalue weighted by molar-refractivity contribution is -0.0685. The van der Waals surface area contributed by atoms with Crippen LogP contribution in [-0.4, -0.2) is 43.8 Å². The van der Waals surface area contributed by atoms with Crippen LogP contribution in [0.4, 0.5) is 0 Å². The molecular formula is C17H28N2O. The lowest BCUT2D eigenvalue weighted by atomic mass is 10.0. The maximum Gasteiger partial charge on any atom is 0.0678 e. The second kappa shape index (κ2) is 7.21. The smallest absolute Gasteiger partial charge is 0.0678 e. The predicted molar refractivity (Wildman–Crippen MR) is 84.0 cm³/mol. The highest BCUT2D eigenvalue weighted by Gasteiger charge is 2.22. The highest BCUT2D eigenvalue weighted by atomic mass is 16.5. The molecule has 2 rings (SSSR count). The third kappa shape index (κ3) is 4.30. The van der Waals surface area contributed by atoms with Gasteiger partial charge in [0.2, 0.25) is 0 Å². The largest absolute Gasteiger partial charge is 0.373 e. The highest BCUT2D eigenvalue weighted by molar-refractivity contribution is 5.25. The fourth-order valence-corrected chi connectivity index (χ4v) is 3.14. The Labute approximate surface area is 123 Å². The number of benzene rings is 1. The molecule has 0 radical (unpaired) electrons. The molecule has 1 saturated heterocycles. The quantitative estimate of drug-likeness (QED) is 0.895. The van der Waals surface area contributed by atoms with Gasteiger partial charge >= 0.3 is 0 Å². The first-order chi connectivity index (χ1) is 9.58. The van der Waals surface area contributed by atoms with E-state index >= 15 is 0 Å². The van der Waals surface area contributed by atoms with E-state index in [2.05, 4.69) is 62.3 Å². The molecule has 0 aromatic heterocycles. The van der Waals surface area contributed by atoms with Gasteiger partial charge in [-0.3, -0.25) is 4.90 Å². The van der Waals surface area contributed by atoms with Gasteiger partial charge in [-0.15, -0.1) is 0 Å². The maximum atomic E-state index is 5.79. The average molecular weight is 276 g/mol. The lowest BCUT2D eigenvalue weighted by Gasteiger charge is -2.36. The Hall–Kier alpha value is -0.900. The van der Waals surface area contributed by atoms with Crippen LogP contribution in [0, 0.1) is 6.92 Å². The SMILES string of the molecule is CNC(CCN1C[C@@H](C)O[C@@H](C)C1)c1cccc(C)c1. The summed E-state index contributed by atoms with van der Waals surface area (Å²) in [6, 6.07) is 9.24. The molecule has 1 aromatic rings. The summed E-state index contributed by atoms with van der Waals surface area (Å²) in [4.78, 5) is 2.53. The zero-order chi connectivity index (χ0) is 14.5. The molecule has 0 amide bonds. The molecule has 0 bridgehead atoms. The predicted octanol–water partition coefficient (Wildman–Crippen LogP) is 2.75. The van der Waals surface area contributed by atoms with Crippen LogP contribution in [0.5, 0.6) is 0 Å². The van der Waals surface area contributed by atoms with Crippen molar-refractivity contribution in [1.82, 2.24) is 10.2 Å². The fraction of sp³-hybridized carbons (Fsp3) is 0.647. The molecule has 1 unspecified atom stereocenters. The van der Waals surface area contributed by atoms with Crippen molar-refractivity contribution in [3.8, 4) is 0 Å². The number of rotatable bonds is 5. The molecule has 1 heterocycles. The average Bonchev–Trinajstić information content (AvgIpc) is 2.38. The van der Waals surface area contributed by atoms with E-state index in [-0.39, 0.29) is 0 Å². The number of nitrogens with zero attached hydrogens (tertiary/aromatic N) is 1. The van der Waals surface area contributed by atoms with Gasteiger partial charge in [0.05, 0.1) is 12.2 Å². The van der Waals surface area contributed by atoms with Gasteiger partial charge in [0.25, 0.3) is 0 Å². The molecule has 0 aliphatic carbocycles. The second-order valence-corrected chi connectivity index (χ2v) is 6.06. The van der Waals surface area contributed by atoms with E-state index in [1.807, 2.05) is 0 Å². The van der Waals surface area contributed by atoms with Gasteiger partial charge in [0, 0.05) is 25.7 Å². The first-order valence-corrected chi connectivity index (χ1v) is 7.70. The Kier molecular flexibility index (Phi) is 5.58.